The molecule has 6 aromatic carbocycles. The Bertz CT molecular complexity index is 3470. The van der Waals surface area contributed by atoms with Gasteiger partial charge in [-0.05, 0) is 114 Å². The molecule has 12 aromatic rings. The Morgan fingerprint density at radius 2 is 0.825 bits per heavy atom. The van der Waals surface area contributed by atoms with E-state index in [0.29, 0.717) is 0 Å². The summed E-state index contributed by atoms with van der Waals surface area (Å²) in [6.45, 7) is 0. The van der Waals surface area contributed by atoms with Crippen molar-refractivity contribution >= 4 is 65.7 Å². The Labute approximate surface area is 327 Å². The van der Waals surface area contributed by atoms with Gasteiger partial charge in [-0.15, -0.1) is 0 Å². The van der Waals surface area contributed by atoms with Crippen LogP contribution in [-0.4, -0.2) is 28.7 Å². The normalized spacial score (nSPS) is 11.9. The predicted molar refractivity (Wildman–Crippen MR) is 234 cm³/mol. The van der Waals surface area contributed by atoms with Crippen LogP contribution >= 0.6 is 0 Å². The van der Waals surface area contributed by atoms with Gasteiger partial charge < -0.3 is 13.7 Å². The van der Waals surface area contributed by atoms with E-state index in [-0.39, 0.29) is 0 Å². The maximum absolute atomic E-state index is 4.97. The summed E-state index contributed by atoms with van der Waals surface area (Å²) >= 11 is 0. The van der Waals surface area contributed by atoms with Crippen LogP contribution in [0.2, 0.25) is 0 Å². The average molecular weight is 729 g/mol. The molecule has 57 heavy (non-hydrogen) atoms. The number of pyridine rings is 3. The number of hydrogen-bond donors (Lipinski definition) is 0. The first-order valence-electron chi connectivity index (χ1n) is 19.2. The Morgan fingerprint density at radius 3 is 1.53 bits per heavy atom. The molecule has 0 spiro atoms. The number of para-hydroxylation sites is 2. The van der Waals surface area contributed by atoms with E-state index < -0.39 is 0 Å². The second kappa shape index (κ2) is 12.3. The zero-order valence-electron chi connectivity index (χ0n) is 30.7. The van der Waals surface area contributed by atoms with Crippen LogP contribution in [0.5, 0.6) is 0 Å². The average Bonchev–Trinajstić information content (AvgIpc) is 3.92. The monoisotopic (exact) mass is 728 g/mol. The lowest BCUT2D eigenvalue weighted by Crippen LogP contribution is -1.96. The van der Waals surface area contributed by atoms with E-state index in [1.54, 1.807) is 0 Å². The van der Waals surface area contributed by atoms with Gasteiger partial charge in [0.15, 0.2) is 0 Å². The molecule has 0 saturated carbocycles. The van der Waals surface area contributed by atoms with E-state index in [0.717, 1.165) is 94.4 Å². The van der Waals surface area contributed by atoms with Crippen molar-refractivity contribution < 1.29 is 0 Å². The Hall–Kier alpha value is -7.83. The summed E-state index contributed by atoms with van der Waals surface area (Å²) < 4.78 is 7.08. The zero-order valence-corrected chi connectivity index (χ0v) is 30.7. The summed E-state index contributed by atoms with van der Waals surface area (Å²) in [5, 5.41) is 4.60. The number of benzene rings is 6. The second-order valence-electron chi connectivity index (χ2n) is 14.5. The highest BCUT2D eigenvalue weighted by Gasteiger charge is 2.20. The van der Waals surface area contributed by atoms with Crippen LogP contribution in [0.4, 0.5) is 0 Å². The summed E-state index contributed by atoms with van der Waals surface area (Å²) in [7, 11) is 0. The first kappa shape index (κ1) is 31.5. The minimum atomic E-state index is 0.953. The highest BCUT2D eigenvalue weighted by atomic mass is 15.0. The van der Waals surface area contributed by atoms with Gasteiger partial charge in [0, 0.05) is 62.8 Å². The standard InChI is InChI=1S/C51H32N6/c1-2-12-34(13-3-1)55-45-25-22-35(56-44-18-7-6-16-39(44)50-48(56)19-10-28-53-50)31-40(45)41-32-36(23-26-46(41)55)57-47-24-21-33(30-42(47)51-49(57)20-11-29-54-51)37-14-4-5-15-38(37)43-17-8-9-27-52-43/h1-32H. The molecule has 6 heterocycles. The smallest absolute Gasteiger partial charge is 0.0963 e. The minimum absolute atomic E-state index is 0.953. The van der Waals surface area contributed by atoms with Crippen molar-refractivity contribution in [1.29, 1.82) is 0 Å². The molecule has 0 aliphatic carbocycles. The van der Waals surface area contributed by atoms with Crippen molar-refractivity contribution in [3.05, 3.63) is 195 Å². The lowest BCUT2D eigenvalue weighted by molar-refractivity contribution is 1.16. The van der Waals surface area contributed by atoms with Gasteiger partial charge in [-0.25, -0.2) is 0 Å². The number of fused-ring (bicyclic) bond motifs is 9. The van der Waals surface area contributed by atoms with Crippen LogP contribution in [0.3, 0.4) is 0 Å². The van der Waals surface area contributed by atoms with Crippen molar-refractivity contribution in [2.75, 3.05) is 0 Å². The van der Waals surface area contributed by atoms with Crippen LogP contribution in [0.1, 0.15) is 0 Å². The Kier molecular flexibility index (Phi) is 6.83. The third-order valence-corrected chi connectivity index (χ3v) is 11.4. The van der Waals surface area contributed by atoms with Crippen LogP contribution < -0.4 is 0 Å². The van der Waals surface area contributed by atoms with Gasteiger partial charge in [-0.2, -0.15) is 0 Å². The SMILES string of the molecule is c1ccc(-n2c3ccc(-n4c5ccccc5c5ncccc54)cc3c3cc(-n4c5ccc(-c6ccccc6-c6ccccn6)cc5c5ncccc54)ccc32)cc1. The van der Waals surface area contributed by atoms with E-state index in [1.807, 2.05) is 42.9 Å². The Morgan fingerprint density at radius 1 is 0.298 bits per heavy atom. The predicted octanol–water partition coefficient (Wildman–Crippen LogP) is 12.5. The van der Waals surface area contributed by atoms with E-state index in [4.69, 9.17) is 9.97 Å². The first-order valence-corrected chi connectivity index (χ1v) is 19.2. The zero-order chi connectivity index (χ0) is 37.5. The van der Waals surface area contributed by atoms with Gasteiger partial charge in [0.25, 0.3) is 0 Å². The van der Waals surface area contributed by atoms with Gasteiger partial charge in [0.05, 0.1) is 49.8 Å². The molecule has 0 aliphatic heterocycles. The van der Waals surface area contributed by atoms with Crippen molar-refractivity contribution in [1.82, 2.24) is 28.7 Å². The quantitative estimate of drug-likeness (QED) is 0.177. The molecule has 0 saturated heterocycles. The molecule has 6 heteroatoms. The topological polar surface area (TPSA) is 53.5 Å². The van der Waals surface area contributed by atoms with Crippen molar-refractivity contribution in [3.63, 3.8) is 0 Å². The maximum Gasteiger partial charge on any atom is 0.0963 e. The van der Waals surface area contributed by atoms with Crippen LogP contribution in [0.15, 0.2) is 195 Å². The van der Waals surface area contributed by atoms with Gasteiger partial charge in [0.2, 0.25) is 0 Å². The molecule has 6 nitrogen and oxygen atoms in total. The van der Waals surface area contributed by atoms with Crippen LogP contribution in [-0.2, 0) is 0 Å². The molecule has 266 valence electrons. The number of hydrogen-bond acceptors (Lipinski definition) is 3. The number of nitrogens with zero attached hydrogens (tertiary/aromatic N) is 6. The molecule has 0 N–H and O–H groups in total. The van der Waals surface area contributed by atoms with E-state index >= 15 is 0 Å². The third kappa shape index (κ3) is 4.74. The largest absolute Gasteiger partial charge is 0.309 e. The minimum Gasteiger partial charge on any atom is -0.309 e. The fourth-order valence-electron chi connectivity index (χ4n) is 8.96. The van der Waals surface area contributed by atoms with Crippen molar-refractivity contribution in [2.45, 2.75) is 0 Å². The summed E-state index contributed by atoms with van der Waals surface area (Å²) in [4.78, 5) is 14.5. The molecule has 0 unspecified atom stereocenters. The van der Waals surface area contributed by atoms with Crippen molar-refractivity contribution in [2.24, 2.45) is 0 Å². The summed E-state index contributed by atoms with van der Waals surface area (Å²) in [6.07, 6.45) is 5.62. The molecule has 0 aliphatic rings. The van der Waals surface area contributed by atoms with Gasteiger partial charge >= 0.3 is 0 Å². The van der Waals surface area contributed by atoms with Crippen LogP contribution in [0, 0.1) is 0 Å². The molecule has 6 aromatic heterocycles. The van der Waals surface area contributed by atoms with Gasteiger partial charge in [-0.3, -0.25) is 15.0 Å². The summed E-state index contributed by atoms with van der Waals surface area (Å²) in [5.41, 5.74) is 16.3. The molecule has 0 fully saturated rings. The van der Waals surface area contributed by atoms with Gasteiger partial charge in [0.1, 0.15) is 0 Å². The molecule has 0 amide bonds. The fraction of sp³-hybridized carbons (Fsp3) is 0. The second-order valence-corrected chi connectivity index (χ2v) is 14.5. The fourth-order valence-corrected chi connectivity index (χ4v) is 8.96. The van der Waals surface area contributed by atoms with Crippen LogP contribution in [0.25, 0.3) is 105 Å². The molecule has 0 bridgehead atoms. The number of aromatic nitrogens is 6. The van der Waals surface area contributed by atoms with E-state index in [9.17, 15) is 0 Å². The third-order valence-electron chi connectivity index (χ3n) is 11.4. The lowest BCUT2D eigenvalue weighted by Gasteiger charge is -2.11. The lowest BCUT2D eigenvalue weighted by atomic mass is 9.96. The summed E-state index contributed by atoms with van der Waals surface area (Å²) in [6, 6.07) is 62.6. The Balaban J connectivity index is 1.10. The van der Waals surface area contributed by atoms with Crippen molar-refractivity contribution in [3.8, 4) is 39.4 Å². The highest BCUT2D eigenvalue weighted by Crippen LogP contribution is 2.40. The molecule has 0 atom stereocenters. The van der Waals surface area contributed by atoms with E-state index in [1.165, 1.54) is 10.8 Å². The molecular weight excluding hydrogens is 697 g/mol. The molecule has 12 rings (SSSR count). The van der Waals surface area contributed by atoms with E-state index in [2.05, 4.69) is 170 Å². The first-order chi connectivity index (χ1) is 28.3. The highest BCUT2D eigenvalue weighted by molar-refractivity contribution is 6.13. The van der Waals surface area contributed by atoms with Gasteiger partial charge in [-0.1, -0.05) is 72.8 Å². The molecular formula is C51H32N6. The number of rotatable bonds is 5. The summed E-state index contributed by atoms with van der Waals surface area (Å²) in [5.74, 6) is 0. The maximum atomic E-state index is 4.97. The molecule has 0 radical (unpaired) electrons.